The molecule has 0 unspecified atom stereocenters. The van der Waals surface area contributed by atoms with Crippen molar-refractivity contribution in [2.75, 3.05) is 11.4 Å². The maximum atomic E-state index is 12.6. The molecule has 1 aromatic carbocycles. The molecule has 2 aliphatic carbocycles. The highest BCUT2D eigenvalue weighted by Gasteiger charge is 2.42. The normalized spacial score (nSPS) is 31.8. The molecule has 24 heavy (non-hydrogen) atoms. The van der Waals surface area contributed by atoms with Crippen LogP contribution in [0, 0.1) is 31.6 Å². The van der Waals surface area contributed by atoms with E-state index in [1.54, 1.807) is 4.90 Å². The van der Waals surface area contributed by atoms with Crippen LogP contribution in [0.3, 0.4) is 0 Å². The average molecular weight is 326 g/mol. The summed E-state index contributed by atoms with van der Waals surface area (Å²) in [5.74, 6) is 1.42. The monoisotopic (exact) mass is 326 g/mol. The quantitative estimate of drug-likeness (QED) is 0.928. The lowest BCUT2D eigenvalue weighted by Crippen LogP contribution is -2.42. The molecule has 4 nitrogen and oxygen atoms in total. The number of hydrogen-bond acceptors (Lipinski definition) is 2. The van der Waals surface area contributed by atoms with Crippen molar-refractivity contribution in [3.05, 3.63) is 29.3 Å². The molecule has 1 heterocycles. The molecule has 2 bridgehead atoms. The Labute approximate surface area is 143 Å². The molecule has 1 saturated heterocycles. The van der Waals surface area contributed by atoms with Crippen molar-refractivity contribution in [1.82, 2.24) is 5.32 Å². The first-order valence-electron chi connectivity index (χ1n) is 9.18. The second-order valence-electron chi connectivity index (χ2n) is 8.04. The Balaban J connectivity index is 1.42. The summed E-state index contributed by atoms with van der Waals surface area (Å²) in [6, 6.07) is 6.51. The van der Waals surface area contributed by atoms with Crippen molar-refractivity contribution in [1.29, 1.82) is 0 Å². The zero-order chi connectivity index (χ0) is 16.8. The number of aryl methyl sites for hydroxylation is 2. The van der Waals surface area contributed by atoms with E-state index >= 15 is 0 Å². The van der Waals surface area contributed by atoms with Gasteiger partial charge in [-0.2, -0.15) is 0 Å². The van der Waals surface area contributed by atoms with Gasteiger partial charge < -0.3 is 10.2 Å². The smallest absolute Gasteiger partial charge is 0.227 e. The number of rotatable bonds is 3. The SMILES string of the molecule is Cc1cc(C)cc(N2C[C@@H](C(=O)N[C@H]3C[C@H]4CC[C@H]3C4)CC2=O)c1. The minimum Gasteiger partial charge on any atom is -0.353 e. The summed E-state index contributed by atoms with van der Waals surface area (Å²) < 4.78 is 0. The van der Waals surface area contributed by atoms with Crippen LogP contribution < -0.4 is 10.2 Å². The molecule has 1 aromatic rings. The van der Waals surface area contributed by atoms with E-state index < -0.39 is 0 Å². The fraction of sp³-hybridized carbons (Fsp3) is 0.600. The number of anilines is 1. The number of carbonyl (C=O) groups excluding carboxylic acids is 2. The molecule has 1 aliphatic heterocycles. The Kier molecular flexibility index (Phi) is 3.86. The minimum absolute atomic E-state index is 0.0630. The lowest BCUT2D eigenvalue weighted by Gasteiger charge is -2.24. The molecule has 0 spiro atoms. The van der Waals surface area contributed by atoms with Gasteiger partial charge in [0.05, 0.1) is 5.92 Å². The Morgan fingerprint density at radius 2 is 1.88 bits per heavy atom. The molecule has 4 atom stereocenters. The van der Waals surface area contributed by atoms with Gasteiger partial charge in [0.25, 0.3) is 0 Å². The van der Waals surface area contributed by atoms with Gasteiger partial charge in [0.2, 0.25) is 11.8 Å². The van der Waals surface area contributed by atoms with E-state index in [1.165, 1.54) is 19.3 Å². The lowest BCUT2D eigenvalue weighted by atomic mass is 9.94. The highest BCUT2D eigenvalue weighted by atomic mass is 16.2. The summed E-state index contributed by atoms with van der Waals surface area (Å²) in [5.41, 5.74) is 3.22. The second kappa shape index (κ2) is 5.91. The van der Waals surface area contributed by atoms with Gasteiger partial charge in [0, 0.05) is 24.7 Å². The fourth-order valence-electron chi connectivity index (χ4n) is 4.96. The van der Waals surface area contributed by atoms with Crippen molar-refractivity contribution in [2.45, 2.75) is 52.0 Å². The molecule has 1 N–H and O–H groups in total. The Bertz CT molecular complexity index is 664. The third-order valence-electron chi connectivity index (χ3n) is 6.08. The van der Waals surface area contributed by atoms with Gasteiger partial charge in [-0.1, -0.05) is 12.5 Å². The summed E-state index contributed by atoms with van der Waals surface area (Å²) >= 11 is 0. The molecule has 128 valence electrons. The molecule has 2 amide bonds. The fourth-order valence-corrected chi connectivity index (χ4v) is 4.96. The van der Waals surface area contributed by atoms with Gasteiger partial charge in [-0.3, -0.25) is 9.59 Å². The van der Waals surface area contributed by atoms with Gasteiger partial charge in [0.15, 0.2) is 0 Å². The predicted octanol–water partition coefficient (Wildman–Crippen LogP) is 2.96. The summed E-state index contributed by atoms with van der Waals surface area (Å²) in [7, 11) is 0. The van der Waals surface area contributed by atoms with Crippen molar-refractivity contribution < 1.29 is 9.59 Å². The third-order valence-corrected chi connectivity index (χ3v) is 6.08. The number of nitrogens with one attached hydrogen (secondary N) is 1. The number of nitrogens with zero attached hydrogens (tertiary/aromatic N) is 1. The maximum Gasteiger partial charge on any atom is 0.227 e. The zero-order valence-corrected chi connectivity index (χ0v) is 14.5. The zero-order valence-electron chi connectivity index (χ0n) is 14.5. The van der Waals surface area contributed by atoms with Gasteiger partial charge in [-0.25, -0.2) is 0 Å². The van der Waals surface area contributed by atoms with Crippen LogP contribution in [0.5, 0.6) is 0 Å². The molecule has 0 aromatic heterocycles. The van der Waals surface area contributed by atoms with Crippen molar-refractivity contribution >= 4 is 17.5 Å². The Hall–Kier alpha value is -1.84. The van der Waals surface area contributed by atoms with Crippen LogP contribution in [-0.2, 0) is 9.59 Å². The lowest BCUT2D eigenvalue weighted by molar-refractivity contribution is -0.127. The van der Waals surface area contributed by atoms with E-state index in [-0.39, 0.29) is 17.7 Å². The molecule has 3 aliphatic rings. The largest absolute Gasteiger partial charge is 0.353 e. The topological polar surface area (TPSA) is 49.4 Å². The first-order chi connectivity index (χ1) is 11.5. The van der Waals surface area contributed by atoms with E-state index in [0.717, 1.165) is 29.2 Å². The first-order valence-corrected chi connectivity index (χ1v) is 9.18. The van der Waals surface area contributed by atoms with Crippen LogP contribution in [0.15, 0.2) is 18.2 Å². The number of benzene rings is 1. The van der Waals surface area contributed by atoms with Crippen LogP contribution in [0.1, 0.15) is 43.2 Å². The first kappa shape index (κ1) is 15.7. The van der Waals surface area contributed by atoms with Crippen molar-refractivity contribution in [3.8, 4) is 0 Å². The van der Waals surface area contributed by atoms with E-state index in [4.69, 9.17) is 0 Å². The molecular formula is C20H26N2O2. The maximum absolute atomic E-state index is 12.6. The summed E-state index contributed by atoms with van der Waals surface area (Å²) in [5, 5.41) is 3.25. The average Bonchev–Trinajstić information content (AvgIpc) is 3.21. The molecule has 4 rings (SSSR count). The highest BCUT2D eigenvalue weighted by Crippen LogP contribution is 2.44. The van der Waals surface area contributed by atoms with Gasteiger partial charge in [-0.05, 0) is 68.2 Å². The standard InChI is InChI=1S/C20H26N2O2/c1-12-5-13(2)7-17(6-12)22-11-16(10-19(22)23)20(24)21-18-9-14-3-4-15(18)8-14/h5-7,14-16,18H,3-4,8-11H2,1-2H3,(H,21,24)/t14-,15-,16-,18-/m0/s1. The molecular weight excluding hydrogens is 300 g/mol. The van der Waals surface area contributed by atoms with Gasteiger partial charge in [0.1, 0.15) is 0 Å². The number of amides is 2. The second-order valence-corrected chi connectivity index (χ2v) is 8.04. The molecule has 3 fully saturated rings. The summed E-state index contributed by atoms with van der Waals surface area (Å²) in [4.78, 5) is 26.8. The summed E-state index contributed by atoms with van der Waals surface area (Å²) in [6.07, 6.45) is 5.34. The van der Waals surface area contributed by atoms with Gasteiger partial charge >= 0.3 is 0 Å². The van der Waals surface area contributed by atoms with E-state index in [0.29, 0.717) is 24.9 Å². The molecule has 4 heteroatoms. The number of carbonyl (C=O) groups is 2. The van der Waals surface area contributed by atoms with Crippen LogP contribution in [0.4, 0.5) is 5.69 Å². The Morgan fingerprint density at radius 1 is 1.12 bits per heavy atom. The van der Waals surface area contributed by atoms with Crippen LogP contribution in [0.2, 0.25) is 0 Å². The van der Waals surface area contributed by atoms with Crippen LogP contribution in [0.25, 0.3) is 0 Å². The van der Waals surface area contributed by atoms with Crippen LogP contribution in [-0.4, -0.2) is 24.4 Å². The number of fused-ring (bicyclic) bond motifs is 2. The minimum atomic E-state index is -0.211. The third kappa shape index (κ3) is 2.83. The molecule has 2 saturated carbocycles. The van der Waals surface area contributed by atoms with Crippen molar-refractivity contribution in [3.63, 3.8) is 0 Å². The highest BCUT2D eigenvalue weighted by molar-refractivity contribution is 6.00. The molecule has 0 radical (unpaired) electrons. The van der Waals surface area contributed by atoms with E-state index in [1.807, 2.05) is 26.0 Å². The van der Waals surface area contributed by atoms with Gasteiger partial charge in [-0.15, -0.1) is 0 Å². The number of hydrogen-bond donors (Lipinski definition) is 1. The van der Waals surface area contributed by atoms with Crippen molar-refractivity contribution in [2.24, 2.45) is 17.8 Å². The Morgan fingerprint density at radius 3 is 2.50 bits per heavy atom. The summed E-state index contributed by atoms with van der Waals surface area (Å²) in [6.45, 7) is 4.58. The van der Waals surface area contributed by atoms with E-state index in [2.05, 4.69) is 11.4 Å². The predicted molar refractivity (Wildman–Crippen MR) is 93.8 cm³/mol. The van der Waals surface area contributed by atoms with E-state index in [9.17, 15) is 9.59 Å². The van der Waals surface area contributed by atoms with Crippen LogP contribution >= 0.6 is 0 Å².